The summed E-state index contributed by atoms with van der Waals surface area (Å²) in [6.45, 7) is 2.87. The van der Waals surface area contributed by atoms with Gasteiger partial charge in [0, 0.05) is 57.1 Å². The summed E-state index contributed by atoms with van der Waals surface area (Å²) in [7, 11) is 3.68. The quantitative estimate of drug-likeness (QED) is 0.626. The highest BCUT2D eigenvalue weighted by Crippen LogP contribution is 2.18. The molecule has 6 nitrogen and oxygen atoms in total. The van der Waals surface area contributed by atoms with Crippen molar-refractivity contribution in [1.82, 2.24) is 9.47 Å². The molecule has 0 atom stereocenters. The van der Waals surface area contributed by atoms with Crippen LogP contribution in [0.4, 0.5) is 0 Å². The number of aromatic nitrogens is 1. The van der Waals surface area contributed by atoms with Crippen LogP contribution < -0.4 is 5.56 Å². The molecule has 0 aromatic carbocycles. The maximum Gasteiger partial charge on any atom is 0.328 e. The third-order valence-electron chi connectivity index (χ3n) is 3.82. The number of carbonyl (C=O) groups is 1. The zero-order valence-corrected chi connectivity index (χ0v) is 13.0. The predicted octanol–water partition coefficient (Wildman–Crippen LogP) is 0.971. The first-order valence-corrected chi connectivity index (χ1v) is 7.37. The monoisotopic (exact) mass is 306 g/mol. The highest BCUT2D eigenvalue weighted by molar-refractivity contribution is 5.85. The standard InChI is InChI=1S/C16H22N2O4/c1-17-8-6-14-13(11-17)10-12(4-5-15(19)20)16(21)18(14)7-3-9-22-2/h4-5,10H,3,6-9,11H2,1-2H3,(H,19,20)/b5-4+. The van der Waals surface area contributed by atoms with Crippen LogP contribution in [0.25, 0.3) is 6.08 Å². The highest BCUT2D eigenvalue weighted by atomic mass is 16.5. The van der Waals surface area contributed by atoms with Gasteiger partial charge >= 0.3 is 5.97 Å². The number of methoxy groups -OCH3 is 1. The fourth-order valence-corrected chi connectivity index (χ4v) is 2.77. The topological polar surface area (TPSA) is 71.8 Å². The van der Waals surface area contributed by atoms with E-state index in [0.29, 0.717) is 18.7 Å². The second-order valence-corrected chi connectivity index (χ2v) is 5.53. The van der Waals surface area contributed by atoms with Crippen molar-refractivity contribution in [3.8, 4) is 0 Å². The molecule has 120 valence electrons. The zero-order valence-electron chi connectivity index (χ0n) is 13.0. The summed E-state index contributed by atoms with van der Waals surface area (Å²) in [5.74, 6) is -1.06. The summed E-state index contributed by atoms with van der Waals surface area (Å²) in [4.78, 5) is 25.5. The normalized spacial score (nSPS) is 15.2. The van der Waals surface area contributed by atoms with Gasteiger partial charge in [0.05, 0.1) is 0 Å². The van der Waals surface area contributed by atoms with E-state index in [1.165, 1.54) is 6.08 Å². The van der Waals surface area contributed by atoms with E-state index in [2.05, 4.69) is 4.90 Å². The maximum absolute atomic E-state index is 12.6. The van der Waals surface area contributed by atoms with Gasteiger partial charge in [0.2, 0.25) is 0 Å². The van der Waals surface area contributed by atoms with Gasteiger partial charge in [-0.25, -0.2) is 4.79 Å². The van der Waals surface area contributed by atoms with E-state index in [4.69, 9.17) is 9.84 Å². The maximum atomic E-state index is 12.6. The third kappa shape index (κ3) is 3.84. The number of nitrogens with zero attached hydrogens (tertiary/aromatic N) is 2. The molecule has 0 bridgehead atoms. The molecule has 0 amide bonds. The Hall–Kier alpha value is -1.92. The van der Waals surface area contributed by atoms with Crippen LogP contribution in [-0.4, -0.2) is 47.9 Å². The molecular weight excluding hydrogens is 284 g/mol. The molecule has 0 fully saturated rings. The van der Waals surface area contributed by atoms with Crippen molar-refractivity contribution in [3.63, 3.8) is 0 Å². The van der Waals surface area contributed by atoms with Crippen molar-refractivity contribution in [2.75, 3.05) is 27.3 Å². The van der Waals surface area contributed by atoms with Gasteiger partial charge in [0.15, 0.2) is 0 Å². The molecule has 1 aliphatic heterocycles. The van der Waals surface area contributed by atoms with Crippen LogP contribution in [-0.2, 0) is 29.0 Å². The first-order chi connectivity index (χ1) is 10.5. The lowest BCUT2D eigenvalue weighted by Crippen LogP contribution is -2.35. The van der Waals surface area contributed by atoms with Crippen molar-refractivity contribution in [1.29, 1.82) is 0 Å². The summed E-state index contributed by atoms with van der Waals surface area (Å²) in [5.41, 5.74) is 2.45. The number of carboxylic acids is 1. The van der Waals surface area contributed by atoms with Crippen LogP contribution in [0.1, 0.15) is 23.2 Å². The molecule has 6 heteroatoms. The van der Waals surface area contributed by atoms with Gasteiger partial charge in [-0.15, -0.1) is 0 Å². The van der Waals surface area contributed by atoms with Crippen LogP contribution >= 0.6 is 0 Å². The number of hydrogen-bond acceptors (Lipinski definition) is 4. The highest BCUT2D eigenvalue weighted by Gasteiger charge is 2.19. The molecule has 2 heterocycles. The molecule has 0 saturated heterocycles. The van der Waals surface area contributed by atoms with Crippen LogP contribution in [0, 0.1) is 0 Å². The van der Waals surface area contributed by atoms with E-state index in [1.54, 1.807) is 11.7 Å². The number of hydrogen-bond donors (Lipinski definition) is 1. The molecule has 0 spiro atoms. The third-order valence-corrected chi connectivity index (χ3v) is 3.82. The average Bonchev–Trinajstić information content (AvgIpc) is 2.47. The first kappa shape index (κ1) is 16.5. The molecule has 22 heavy (non-hydrogen) atoms. The number of pyridine rings is 1. The molecule has 1 N–H and O–H groups in total. The number of carboxylic acid groups (broad SMARTS) is 1. The fourth-order valence-electron chi connectivity index (χ4n) is 2.77. The predicted molar refractivity (Wildman–Crippen MR) is 83.9 cm³/mol. The summed E-state index contributed by atoms with van der Waals surface area (Å²) in [6, 6.07) is 1.82. The van der Waals surface area contributed by atoms with Crippen LogP contribution in [0.3, 0.4) is 0 Å². The zero-order chi connectivity index (χ0) is 16.1. The lowest BCUT2D eigenvalue weighted by atomic mass is 10.0. The molecule has 1 aromatic heterocycles. The summed E-state index contributed by atoms with van der Waals surface area (Å²) < 4.78 is 6.84. The Kier molecular flexibility index (Phi) is 5.51. The van der Waals surface area contributed by atoms with Crippen molar-refractivity contribution in [3.05, 3.63) is 39.3 Å². The van der Waals surface area contributed by atoms with Crippen LogP contribution in [0.5, 0.6) is 0 Å². The van der Waals surface area contributed by atoms with Gasteiger partial charge in [-0.3, -0.25) is 4.79 Å². The van der Waals surface area contributed by atoms with Gasteiger partial charge in [-0.05, 0) is 31.2 Å². The van der Waals surface area contributed by atoms with E-state index in [9.17, 15) is 9.59 Å². The minimum absolute atomic E-state index is 0.128. The molecule has 0 aliphatic carbocycles. The number of ether oxygens (including phenoxy) is 1. The number of aliphatic carboxylic acids is 1. The van der Waals surface area contributed by atoms with Gasteiger partial charge in [-0.2, -0.15) is 0 Å². The van der Waals surface area contributed by atoms with Crippen molar-refractivity contribution in [2.24, 2.45) is 0 Å². The van der Waals surface area contributed by atoms with Crippen molar-refractivity contribution >= 4 is 12.0 Å². The SMILES string of the molecule is COCCCn1c2c(cc(/C=C/C(=O)O)c1=O)CN(C)CC2. The number of likely N-dealkylation sites (N-methyl/N-ethyl adjacent to an activating group) is 1. The number of rotatable bonds is 6. The van der Waals surface area contributed by atoms with E-state index < -0.39 is 5.97 Å². The Bertz CT molecular complexity index is 634. The Balaban J connectivity index is 2.44. The lowest BCUT2D eigenvalue weighted by molar-refractivity contribution is -0.131. The van der Waals surface area contributed by atoms with Crippen LogP contribution in [0.15, 0.2) is 16.9 Å². The first-order valence-electron chi connectivity index (χ1n) is 7.37. The van der Waals surface area contributed by atoms with Gasteiger partial charge < -0.3 is 19.3 Å². The average molecular weight is 306 g/mol. The molecule has 0 unspecified atom stereocenters. The Morgan fingerprint density at radius 1 is 1.50 bits per heavy atom. The van der Waals surface area contributed by atoms with Gasteiger partial charge in [0.25, 0.3) is 5.56 Å². The second kappa shape index (κ2) is 7.38. The Morgan fingerprint density at radius 3 is 2.95 bits per heavy atom. The van der Waals surface area contributed by atoms with E-state index in [-0.39, 0.29) is 5.56 Å². The molecule has 0 radical (unpaired) electrons. The lowest BCUT2D eigenvalue weighted by Gasteiger charge is -2.28. The van der Waals surface area contributed by atoms with E-state index in [0.717, 1.165) is 43.3 Å². The largest absolute Gasteiger partial charge is 0.478 e. The van der Waals surface area contributed by atoms with Gasteiger partial charge in [0.1, 0.15) is 0 Å². The molecule has 2 rings (SSSR count). The molecule has 0 saturated carbocycles. The summed E-state index contributed by atoms with van der Waals surface area (Å²) >= 11 is 0. The Labute approximate surface area is 129 Å². The van der Waals surface area contributed by atoms with E-state index >= 15 is 0 Å². The second-order valence-electron chi connectivity index (χ2n) is 5.53. The molecular formula is C16H22N2O4. The minimum Gasteiger partial charge on any atom is -0.478 e. The van der Waals surface area contributed by atoms with Gasteiger partial charge in [-0.1, -0.05) is 0 Å². The number of fused-ring (bicyclic) bond motifs is 1. The smallest absolute Gasteiger partial charge is 0.328 e. The van der Waals surface area contributed by atoms with E-state index in [1.807, 2.05) is 13.1 Å². The Morgan fingerprint density at radius 2 is 2.27 bits per heavy atom. The summed E-state index contributed by atoms with van der Waals surface area (Å²) in [5, 5.41) is 8.77. The fraction of sp³-hybridized carbons (Fsp3) is 0.500. The molecule has 1 aliphatic rings. The van der Waals surface area contributed by atoms with Crippen molar-refractivity contribution in [2.45, 2.75) is 25.9 Å². The summed E-state index contributed by atoms with van der Waals surface area (Å²) in [6.07, 6.45) is 3.98. The van der Waals surface area contributed by atoms with Crippen molar-refractivity contribution < 1.29 is 14.6 Å². The molecule has 1 aromatic rings. The van der Waals surface area contributed by atoms with Crippen LogP contribution in [0.2, 0.25) is 0 Å². The minimum atomic E-state index is -1.06.